The van der Waals surface area contributed by atoms with E-state index in [0.717, 1.165) is 16.8 Å². The fourth-order valence-corrected chi connectivity index (χ4v) is 4.92. The largest absolute Gasteiger partial charge is 0.497 e. The number of ether oxygens (including phenoxy) is 3. The quantitative estimate of drug-likeness (QED) is 0.274. The van der Waals surface area contributed by atoms with Gasteiger partial charge < -0.3 is 19.5 Å². The van der Waals surface area contributed by atoms with Gasteiger partial charge in [0.15, 0.2) is 22.4 Å². The van der Waals surface area contributed by atoms with Gasteiger partial charge in [0.25, 0.3) is 11.8 Å². The highest BCUT2D eigenvalue weighted by Gasteiger charge is 2.33. The van der Waals surface area contributed by atoms with E-state index in [0.29, 0.717) is 38.8 Å². The van der Waals surface area contributed by atoms with E-state index in [1.54, 1.807) is 60.6 Å². The first kappa shape index (κ1) is 26.2. The minimum absolute atomic E-state index is 0.172. The molecule has 0 spiro atoms. The molecule has 37 heavy (non-hydrogen) atoms. The predicted octanol–water partition coefficient (Wildman–Crippen LogP) is 5.83. The lowest BCUT2D eigenvalue weighted by atomic mass is 10.1. The molecule has 9 heteroatoms. The molecule has 0 radical (unpaired) electrons. The maximum atomic E-state index is 13.1. The number of thiocarbonyl (C=S) groups is 1. The van der Waals surface area contributed by atoms with Crippen LogP contribution in [0.4, 0.5) is 11.4 Å². The van der Waals surface area contributed by atoms with E-state index >= 15 is 0 Å². The average molecular weight is 535 g/mol. The van der Waals surface area contributed by atoms with E-state index in [9.17, 15) is 9.59 Å². The summed E-state index contributed by atoms with van der Waals surface area (Å²) in [5, 5.41) is 2.78. The number of benzene rings is 3. The van der Waals surface area contributed by atoms with E-state index in [2.05, 4.69) is 5.32 Å². The molecule has 0 aromatic heterocycles. The number of carbonyl (C=O) groups is 2. The van der Waals surface area contributed by atoms with Gasteiger partial charge in [-0.3, -0.25) is 14.5 Å². The predicted molar refractivity (Wildman–Crippen MR) is 152 cm³/mol. The Morgan fingerprint density at radius 1 is 1.05 bits per heavy atom. The Hall–Kier alpha value is -3.82. The van der Waals surface area contributed by atoms with Gasteiger partial charge >= 0.3 is 0 Å². The third kappa shape index (κ3) is 6.49. The number of nitrogens with zero attached hydrogens (tertiary/aromatic N) is 1. The van der Waals surface area contributed by atoms with E-state index in [1.807, 2.05) is 38.1 Å². The summed E-state index contributed by atoms with van der Waals surface area (Å²) in [6.45, 7) is 4.05. The van der Waals surface area contributed by atoms with E-state index in [-0.39, 0.29) is 18.4 Å². The normalized spacial score (nSPS) is 14.1. The average Bonchev–Trinajstić information content (AvgIpc) is 3.16. The smallest absolute Gasteiger partial charge is 0.270 e. The zero-order valence-electron chi connectivity index (χ0n) is 20.6. The van der Waals surface area contributed by atoms with Gasteiger partial charge in [0.05, 0.1) is 24.3 Å². The molecule has 1 N–H and O–H groups in total. The van der Waals surface area contributed by atoms with Crippen LogP contribution in [0.3, 0.4) is 0 Å². The van der Waals surface area contributed by atoms with Crippen molar-refractivity contribution >= 4 is 57.6 Å². The first-order valence-corrected chi connectivity index (χ1v) is 12.8. The summed E-state index contributed by atoms with van der Waals surface area (Å²) in [6.07, 6.45) is 1.78. The molecule has 0 saturated carbocycles. The molecule has 1 saturated heterocycles. The van der Waals surface area contributed by atoms with Gasteiger partial charge in [-0.1, -0.05) is 42.2 Å². The molecule has 2 amide bonds. The van der Waals surface area contributed by atoms with Crippen molar-refractivity contribution in [1.82, 2.24) is 0 Å². The van der Waals surface area contributed by atoms with Gasteiger partial charge in [0.2, 0.25) is 0 Å². The van der Waals surface area contributed by atoms with Crippen molar-refractivity contribution in [1.29, 1.82) is 0 Å². The molecule has 1 aliphatic heterocycles. The molecule has 1 aliphatic rings. The van der Waals surface area contributed by atoms with Crippen LogP contribution < -0.4 is 24.4 Å². The Kier molecular flexibility index (Phi) is 8.47. The van der Waals surface area contributed by atoms with Gasteiger partial charge in [-0.2, -0.15) is 0 Å². The number of nitrogens with one attached hydrogen (secondary N) is 1. The van der Waals surface area contributed by atoms with Crippen LogP contribution in [-0.2, 0) is 9.59 Å². The Balaban J connectivity index is 1.46. The number of hydrogen-bond acceptors (Lipinski definition) is 7. The molecule has 190 valence electrons. The molecule has 7 nitrogen and oxygen atoms in total. The highest BCUT2D eigenvalue weighted by atomic mass is 32.2. The van der Waals surface area contributed by atoms with E-state index < -0.39 is 0 Å². The topological polar surface area (TPSA) is 77.1 Å². The summed E-state index contributed by atoms with van der Waals surface area (Å²) < 4.78 is 17.1. The lowest BCUT2D eigenvalue weighted by Gasteiger charge is -2.15. The van der Waals surface area contributed by atoms with Crippen molar-refractivity contribution in [2.75, 3.05) is 30.5 Å². The maximum absolute atomic E-state index is 13.1. The number of amides is 2. The fraction of sp³-hybridized carbons (Fsp3) is 0.179. The van der Waals surface area contributed by atoms with Gasteiger partial charge in [0.1, 0.15) is 5.75 Å². The Morgan fingerprint density at radius 2 is 1.84 bits per heavy atom. The zero-order valence-corrected chi connectivity index (χ0v) is 22.3. The lowest BCUT2D eigenvalue weighted by molar-refractivity contribution is -0.118. The van der Waals surface area contributed by atoms with Crippen LogP contribution in [0.15, 0.2) is 71.6 Å². The molecule has 0 atom stereocenters. The second-order valence-corrected chi connectivity index (χ2v) is 9.74. The Morgan fingerprint density at radius 3 is 2.54 bits per heavy atom. The highest BCUT2D eigenvalue weighted by Crippen LogP contribution is 2.37. The van der Waals surface area contributed by atoms with Crippen molar-refractivity contribution in [3.05, 3.63) is 82.8 Å². The SMILES string of the molecule is CCOc1cc(/C=C2\SC(=S)N(c3cccc(C)c3)C2=O)ccc1OCC(=O)Nc1ccc(OC)cc1. The van der Waals surface area contributed by atoms with Crippen LogP contribution in [0.1, 0.15) is 18.1 Å². The summed E-state index contributed by atoms with van der Waals surface area (Å²) in [7, 11) is 1.58. The summed E-state index contributed by atoms with van der Waals surface area (Å²) in [4.78, 5) is 27.5. The number of thioether (sulfide) groups is 1. The van der Waals surface area contributed by atoms with Crippen molar-refractivity contribution < 1.29 is 23.8 Å². The standard InChI is InChI=1S/C28H26N2O5S2/c1-4-34-24-15-19(16-25-27(32)30(28(36)37-25)21-7-5-6-18(2)14-21)8-13-23(24)35-17-26(31)29-20-9-11-22(33-3)12-10-20/h5-16H,4,17H2,1-3H3,(H,29,31)/b25-16-. The number of anilines is 2. The lowest BCUT2D eigenvalue weighted by Crippen LogP contribution is -2.27. The monoisotopic (exact) mass is 534 g/mol. The molecular formula is C28H26N2O5S2. The van der Waals surface area contributed by atoms with Crippen LogP contribution in [-0.4, -0.2) is 36.5 Å². The van der Waals surface area contributed by atoms with Crippen LogP contribution in [0, 0.1) is 6.92 Å². The van der Waals surface area contributed by atoms with Crippen molar-refractivity contribution in [3.8, 4) is 17.2 Å². The zero-order chi connectivity index (χ0) is 26.4. The van der Waals surface area contributed by atoms with Gasteiger partial charge in [-0.15, -0.1) is 0 Å². The maximum Gasteiger partial charge on any atom is 0.270 e. The summed E-state index contributed by atoms with van der Waals surface area (Å²) in [5.74, 6) is 1.12. The van der Waals surface area contributed by atoms with Gasteiger partial charge in [-0.05, 0) is 79.6 Å². The summed E-state index contributed by atoms with van der Waals surface area (Å²) in [5.41, 5.74) is 3.18. The van der Waals surface area contributed by atoms with Crippen molar-refractivity contribution in [2.24, 2.45) is 0 Å². The van der Waals surface area contributed by atoms with E-state index in [1.165, 1.54) is 11.8 Å². The Bertz CT molecular complexity index is 1350. The molecule has 4 rings (SSSR count). The molecule has 3 aromatic rings. The third-order valence-electron chi connectivity index (χ3n) is 5.35. The van der Waals surface area contributed by atoms with Crippen molar-refractivity contribution in [3.63, 3.8) is 0 Å². The highest BCUT2D eigenvalue weighted by molar-refractivity contribution is 8.27. The van der Waals surface area contributed by atoms with Crippen LogP contribution in [0.25, 0.3) is 6.08 Å². The molecule has 0 bridgehead atoms. The molecular weight excluding hydrogens is 508 g/mol. The second kappa shape index (κ2) is 11.9. The number of carbonyl (C=O) groups excluding carboxylic acids is 2. The second-order valence-electron chi connectivity index (χ2n) is 8.06. The molecule has 1 heterocycles. The molecule has 1 fully saturated rings. The summed E-state index contributed by atoms with van der Waals surface area (Å²) >= 11 is 6.73. The van der Waals surface area contributed by atoms with Crippen LogP contribution >= 0.6 is 24.0 Å². The van der Waals surface area contributed by atoms with Crippen LogP contribution in [0.2, 0.25) is 0 Å². The number of aryl methyl sites for hydroxylation is 1. The first-order chi connectivity index (χ1) is 17.9. The minimum Gasteiger partial charge on any atom is -0.497 e. The van der Waals surface area contributed by atoms with Gasteiger partial charge in [-0.25, -0.2) is 0 Å². The number of rotatable bonds is 9. The molecule has 0 aliphatic carbocycles. The Labute approximate surface area is 225 Å². The third-order valence-corrected chi connectivity index (χ3v) is 6.65. The van der Waals surface area contributed by atoms with Crippen molar-refractivity contribution in [2.45, 2.75) is 13.8 Å². The molecule has 3 aromatic carbocycles. The summed E-state index contributed by atoms with van der Waals surface area (Å²) in [6, 6.07) is 20.0. The minimum atomic E-state index is -0.309. The first-order valence-electron chi connectivity index (χ1n) is 11.6. The number of methoxy groups -OCH3 is 1. The van der Waals surface area contributed by atoms with Gasteiger partial charge in [0, 0.05) is 5.69 Å². The fourth-order valence-electron chi connectivity index (χ4n) is 3.63. The van der Waals surface area contributed by atoms with E-state index in [4.69, 9.17) is 26.4 Å². The molecule has 0 unspecified atom stereocenters. The van der Waals surface area contributed by atoms with Crippen LogP contribution in [0.5, 0.6) is 17.2 Å². The number of hydrogen-bond donors (Lipinski definition) is 1.